The van der Waals surface area contributed by atoms with Crippen LogP contribution in [0.3, 0.4) is 0 Å². The van der Waals surface area contributed by atoms with E-state index in [1.165, 1.54) is 10.5 Å². The highest BCUT2D eigenvalue weighted by Gasteiger charge is 2.64. The molecule has 6 nitrogen and oxygen atoms in total. The van der Waals surface area contributed by atoms with Crippen molar-refractivity contribution in [2.75, 3.05) is 39.3 Å². The van der Waals surface area contributed by atoms with Gasteiger partial charge >= 0.3 is 0 Å². The van der Waals surface area contributed by atoms with Crippen molar-refractivity contribution < 1.29 is 14.7 Å². The minimum Gasteiger partial charge on any atom is -0.390 e. The number of rotatable bonds is 6. The van der Waals surface area contributed by atoms with Gasteiger partial charge in [0.25, 0.3) is 0 Å². The Morgan fingerprint density at radius 3 is 2.30 bits per heavy atom. The fraction of sp³-hybridized carbons (Fsp3) is 0.667. The smallest absolute Gasteiger partial charge is 0.235 e. The quantitative estimate of drug-likeness (QED) is 0.723. The van der Waals surface area contributed by atoms with E-state index in [2.05, 4.69) is 34.1 Å². The summed E-state index contributed by atoms with van der Waals surface area (Å²) in [6.45, 7) is 11.3. The molecule has 2 saturated heterocycles. The average Bonchev–Trinajstić information content (AvgIpc) is 2.91. The van der Waals surface area contributed by atoms with Gasteiger partial charge in [0.1, 0.15) is 0 Å². The van der Waals surface area contributed by atoms with E-state index >= 15 is 0 Å². The van der Waals surface area contributed by atoms with Gasteiger partial charge in [-0.25, -0.2) is 0 Å². The molecule has 3 atom stereocenters. The highest BCUT2D eigenvalue weighted by molar-refractivity contribution is 6.03. The zero-order chi connectivity index (χ0) is 21.5. The van der Waals surface area contributed by atoms with E-state index in [-0.39, 0.29) is 29.7 Å². The number of piperidine rings is 1. The lowest BCUT2D eigenvalue weighted by atomic mass is 9.62. The van der Waals surface area contributed by atoms with Gasteiger partial charge in [-0.2, -0.15) is 0 Å². The van der Waals surface area contributed by atoms with E-state index < -0.39 is 11.5 Å². The van der Waals surface area contributed by atoms with E-state index in [9.17, 15) is 14.7 Å². The first-order valence-electron chi connectivity index (χ1n) is 11.2. The van der Waals surface area contributed by atoms with Gasteiger partial charge in [-0.3, -0.25) is 24.3 Å². The van der Waals surface area contributed by atoms with Crippen LogP contribution in [0.2, 0.25) is 0 Å². The molecule has 1 N–H and O–H groups in total. The Morgan fingerprint density at radius 1 is 1.00 bits per heavy atom. The van der Waals surface area contributed by atoms with Crippen LogP contribution in [-0.2, 0) is 16.1 Å². The number of aliphatic hydroxyl groups is 1. The Labute approximate surface area is 179 Å². The highest BCUT2D eigenvalue weighted by Crippen LogP contribution is 2.60. The van der Waals surface area contributed by atoms with Gasteiger partial charge in [-0.15, -0.1) is 0 Å². The number of hydrogen-bond donors (Lipinski definition) is 1. The van der Waals surface area contributed by atoms with Crippen molar-refractivity contribution in [2.45, 2.75) is 46.3 Å². The fourth-order valence-corrected chi connectivity index (χ4v) is 5.61. The molecule has 6 heteroatoms. The van der Waals surface area contributed by atoms with Gasteiger partial charge in [0.2, 0.25) is 11.8 Å². The normalized spacial score (nSPS) is 30.7. The number of hydrogen-bond acceptors (Lipinski definition) is 5. The monoisotopic (exact) mass is 413 g/mol. The maximum Gasteiger partial charge on any atom is 0.235 e. The lowest BCUT2D eigenvalue weighted by molar-refractivity contribution is -0.169. The van der Waals surface area contributed by atoms with Crippen molar-refractivity contribution >= 4 is 11.8 Å². The molecule has 0 aromatic heterocycles. The predicted molar refractivity (Wildman–Crippen MR) is 115 cm³/mol. The van der Waals surface area contributed by atoms with Crippen molar-refractivity contribution in [1.29, 1.82) is 0 Å². The van der Waals surface area contributed by atoms with E-state index in [4.69, 9.17) is 0 Å². The highest BCUT2D eigenvalue weighted by atomic mass is 16.3. The predicted octanol–water partition coefficient (Wildman–Crippen LogP) is 1.98. The van der Waals surface area contributed by atoms with Crippen LogP contribution in [0.25, 0.3) is 0 Å². The Hall–Kier alpha value is -1.76. The molecule has 2 aliphatic heterocycles. The van der Waals surface area contributed by atoms with E-state index in [0.29, 0.717) is 6.54 Å². The Kier molecular flexibility index (Phi) is 5.77. The first-order valence-corrected chi connectivity index (χ1v) is 11.2. The van der Waals surface area contributed by atoms with Crippen LogP contribution in [-0.4, -0.2) is 77.0 Å². The summed E-state index contributed by atoms with van der Waals surface area (Å²) in [6, 6.07) is 10.5. The average molecular weight is 414 g/mol. The minimum absolute atomic E-state index is 0.0910. The lowest BCUT2D eigenvalue weighted by Gasteiger charge is -2.48. The summed E-state index contributed by atoms with van der Waals surface area (Å²) in [4.78, 5) is 32.1. The van der Waals surface area contributed by atoms with Crippen LogP contribution in [0, 0.1) is 16.7 Å². The SMILES string of the molecule is CC1(C)[C@H]2CC[C@]1(C)C(=O)N(C[C@H](O)CN1CCN(Cc3ccccc3)CC1)C2=O. The molecule has 0 unspecified atom stereocenters. The van der Waals surface area contributed by atoms with Crippen LogP contribution in [0.4, 0.5) is 0 Å². The zero-order valence-corrected chi connectivity index (χ0v) is 18.5. The van der Waals surface area contributed by atoms with Gasteiger partial charge in [-0.05, 0) is 23.8 Å². The minimum atomic E-state index is -0.706. The van der Waals surface area contributed by atoms with Crippen molar-refractivity contribution in [3.63, 3.8) is 0 Å². The summed E-state index contributed by atoms with van der Waals surface area (Å²) in [7, 11) is 0. The van der Waals surface area contributed by atoms with Crippen LogP contribution in [0.5, 0.6) is 0 Å². The molecule has 30 heavy (non-hydrogen) atoms. The molecule has 3 fully saturated rings. The number of piperazine rings is 1. The number of β-amino-alcohol motifs (C(OH)–C–C–N with tert-alkyl or cyclic N) is 1. The molecule has 164 valence electrons. The van der Waals surface area contributed by atoms with Gasteiger partial charge in [0.15, 0.2) is 0 Å². The zero-order valence-electron chi connectivity index (χ0n) is 18.5. The molecular weight excluding hydrogens is 378 g/mol. The van der Waals surface area contributed by atoms with Crippen LogP contribution in [0.1, 0.15) is 39.2 Å². The molecule has 4 rings (SSSR count). The van der Waals surface area contributed by atoms with Crippen molar-refractivity contribution in [2.24, 2.45) is 16.7 Å². The number of fused-ring (bicyclic) bond motifs is 2. The number of imide groups is 1. The maximum absolute atomic E-state index is 13.1. The molecular formula is C24H35N3O3. The summed E-state index contributed by atoms with van der Waals surface area (Å²) >= 11 is 0. The summed E-state index contributed by atoms with van der Waals surface area (Å²) in [5.41, 5.74) is 0.505. The first-order chi connectivity index (χ1) is 14.2. The van der Waals surface area contributed by atoms with Crippen molar-refractivity contribution in [3.05, 3.63) is 35.9 Å². The number of amides is 2. The Bertz CT molecular complexity index is 788. The summed E-state index contributed by atoms with van der Waals surface area (Å²) in [5, 5.41) is 10.7. The molecule has 1 saturated carbocycles. The number of benzene rings is 1. The second kappa shape index (κ2) is 8.06. The third-order valence-corrected chi connectivity index (χ3v) is 8.08. The molecule has 0 radical (unpaired) electrons. The second-order valence-electron chi connectivity index (χ2n) is 10.1. The van der Waals surface area contributed by atoms with Crippen molar-refractivity contribution in [1.82, 2.24) is 14.7 Å². The molecule has 1 aromatic rings. The third kappa shape index (κ3) is 3.70. The summed E-state index contributed by atoms with van der Waals surface area (Å²) in [5.74, 6) is -0.307. The molecule has 0 spiro atoms. The second-order valence-corrected chi connectivity index (χ2v) is 10.1. The van der Waals surface area contributed by atoms with Gasteiger partial charge in [0, 0.05) is 45.2 Å². The van der Waals surface area contributed by atoms with Crippen LogP contribution < -0.4 is 0 Å². The van der Waals surface area contributed by atoms with Crippen LogP contribution in [0.15, 0.2) is 30.3 Å². The van der Waals surface area contributed by atoms with Crippen molar-refractivity contribution in [3.8, 4) is 0 Å². The standard InChI is InChI=1S/C24H35N3O3/c1-23(2)20-9-10-24(23,3)22(30)27(21(20)29)17-19(28)16-26-13-11-25(12-14-26)15-18-7-5-4-6-8-18/h4-8,19-20,28H,9-17H2,1-3H3/t19-,20+,24-/m1/s1. The maximum atomic E-state index is 13.1. The molecule has 1 aliphatic carbocycles. The Balaban J connectivity index is 1.29. The number of carbonyl (C=O) groups excluding carboxylic acids is 2. The topological polar surface area (TPSA) is 64.1 Å². The van der Waals surface area contributed by atoms with E-state index in [1.54, 1.807) is 0 Å². The largest absolute Gasteiger partial charge is 0.390 e. The number of aliphatic hydroxyl groups excluding tert-OH is 1. The number of nitrogens with zero attached hydrogens (tertiary/aromatic N) is 3. The summed E-state index contributed by atoms with van der Waals surface area (Å²) in [6.07, 6.45) is 0.817. The van der Waals surface area contributed by atoms with Crippen LogP contribution >= 0.6 is 0 Å². The molecule has 2 amide bonds. The molecule has 2 heterocycles. The third-order valence-electron chi connectivity index (χ3n) is 8.08. The summed E-state index contributed by atoms with van der Waals surface area (Å²) < 4.78 is 0. The Morgan fingerprint density at radius 2 is 1.63 bits per heavy atom. The van der Waals surface area contributed by atoms with Gasteiger partial charge in [-0.1, -0.05) is 51.1 Å². The molecule has 2 bridgehead atoms. The molecule has 1 aromatic carbocycles. The number of likely N-dealkylation sites (tertiary alicyclic amines) is 1. The van der Waals surface area contributed by atoms with Gasteiger partial charge < -0.3 is 5.11 Å². The fourth-order valence-electron chi connectivity index (χ4n) is 5.61. The lowest BCUT2D eigenvalue weighted by Crippen LogP contribution is -2.61. The van der Waals surface area contributed by atoms with E-state index in [0.717, 1.165) is 45.6 Å². The molecule has 3 aliphatic rings. The van der Waals surface area contributed by atoms with Gasteiger partial charge in [0.05, 0.1) is 18.1 Å². The first kappa shape index (κ1) is 21.5. The number of carbonyl (C=O) groups is 2. The van der Waals surface area contributed by atoms with E-state index in [1.807, 2.05) is 26.8 Å².